The normalized spacial score (nSPS) is 12.7. The van der Waals surface area contributed by atoms with Crippen molar-refractivity contribution in [2.45, 2.75) is 20.4 Å². The first-order valence-corrected chi connectivity index (χ1v) is 5.72. The molecule has 0 aliphatic heterocycles. The highest BCUT2D eigenvalue weighted by Gasteiger charge is 2.15. The summed E-state index contributed by atoms with van der Waals surface area (Å²) in [6.07, 6.45) is 0. The van der Waals surface area contributed by atoms with E-state index in [0.717, 1.165) is 12.1 Å². The second-order valence-corrected chi connectivity index (χ2v) is 4.20. The number of aliphatic carboxylic acids is 1. The third kappa shape index (κ3) is 4.53. The van der Waals surface area contributed by atoms with Crippen LogP contribution in [0.1, 0.15) is 19.4 Å². The Labute approximate surface area is 101 Å². The van der Waals surface area contributed by atoms with Crippen molar-refractivity contribution in [1.29, 1.82) is 0 Å². The van der Waals surface area contributed by atoms with E-state index in [9.17, 15) is 9.18 Å². The molecule has 0 aliphatic carbocycles. The molecule has 0 aliphatic rings. The Bertz CT molecular complexity index is 381. The van der Waals surface area contributed by atoms with Crippen molar-refractivity contribution in [3.8, 4) is 0 Å². The maximum Gasteiger partial charge on any atom is 0.307 e. The van der Waals surface area contributed by atoms with Gasteiger partial charge in [0, 0.05) is 13.1 Å². The number of carboxylic acid groups (broad SMARTS) is 1. The van der Waals surface area contributed by atoms with Crippen LogP contribution in [0.3, 0.4) is 0 Å². The highest BCUT2D eigenvalue weighted by Crippen LogP contribution is 2.09. The maximum atomic E-state index is 13.0. The zero-order chi connectivity index (χ0) is 12.8. The summed E-state index contributed by atoms with van der Waals surface area (Å²) < 4.78 is 13.0. The van der Waals surface area contributed by atoms with Crippen molar-refractivity contribution >= 4 is 5.97 Å². The van der Waals surface area contributed by atoms with E-state index in [1.54, 1.807) is 13.0 Å². The molecule has 1 rings (SSSR count). The fourth-order valence-electron chi connectivity index (χ4n) is 1.66. The average Bonchev–Trinajstić information content (AvgIpc) is 2.27. The van der Waals surface area contributed by atoms with Gasteiger partial charge < -0.3 is 5.11 Å². The molecule has 0 aromatic heterocycles. The van der Waals surface area contributed by atoms with E-state index in [0.29, 0.717) is 13.1 Å². The zero-order valence-corrected chi connectivity index (χ0v) is 10.2. The molecule has 3 nitrogen and oxygen atoms in total. The molecule has 94 valence electrons. The van der Waals surface area contributed by atoms with Crippen molar-refractivity contribution in [2.24, 2.45) is 5.92 Å². The number of benzene rings is 1. The van der Waals surface area contributed by atoms with E-state index >= 15 is 0 Å². The van der Waals surface area contributed by atoms with Gasteiger partial charge >= 0.3 is 5.97 Å². The monoisotopic (exact) mass is 239 g/mol. The minimum Gasteiger partial charge on any atom is -0.481 e. The minimum absolute atomic E-state index is 0.259. The van der Waals surface area contributed by atoms with E-state index in [1.807, 2.05) is 17.9 Å². The third-order valence-electron chi connectivity index (χ3n) is 2.70. The number of carboxylic acids is 1. The van der Waals surface area contributed by atoms with Crippen molar-refractivity contribution in [3.05, 3.63) is 35.6 Å². The molecule has 0 saturated carbocycles. The summed E-state index contributed by atoms with van der Waals surface area (Å²) in [6.45, 7) is 5.44. The van der Waals surface area contributed by atoms with Gasteiger partial charge in [0.1, 0.15) is 5.82 Å². The van der Waals surface area contributed by atoms with E-state index in [4.69, 9.17) is 5.11 Å². The minimum atomic E-state index is -0.803. The number of hydrogen-bond donors (Lipinski definition) is 1. The molecule has 0 radical (unpaired) electrons. The molecule has 0 fully saturated rings. The van der Waals surface area contributed by atoms with Crippen LogP contribution in [-0.2, 0) is 11.3 Å². The standard InChI is InChI=1S/C13H18FNO2/c1-3-15(8-10(2)13(16)17)9-11-5-4-6-12(14)7-11/h4-7,10H,3,8-9H2,1-2H3,(H,16,17). The molecule has 0 heterocycles. The van der Waals surface area contributed by atoms with Crippen LogP contribution in [0.15, 0.2) is 24.3 Å². The van der Waals surface area contributed by atoms with E-state index in [1.165, 1.54) is 12.1 Å². The molecule has 1 aromatic rings. The first-order chi connectivity index (χ1) is 8.02. The van der Waals surface area contributed by atoms with Crippen LogP contribution >= 0.6 is 0 Å². The Morgan fingerprint density at radius 2 is 2.24 bits per heavy atom. The largest absolute Gasteiger partial charge is 0.481 e. The molecule has 0 bridgehead atoms. The molecule has 0 saturated heterocycles. The van der Waals surface area contributed by atoms with Crippen molar-refractivity contribution in [2.75, 3.05) is 13.1 Å². The molecule has 0 amide bonds. The summed E-state index contributed by atoms with van der Waals surface area (Å²) in [6, 6.07) is 6.39. The Morgan fingerprint density at radius 3 is 2.76 bits per heavy atom. The predicted molar refractivity (Wildman–Crippen MR) is 64.2 cm³/mol. The Balaban J connectivity index is 2.61. The average molecular weight is 239 g/mol. The molecule has 4 heteroatoms. The number of halogens is 1. The lowest BCUT2D eigenvalue weighted by molar-refractivity contribution is -0.141. The van der Waals surface area contributed by atoms with Gasteiger partial charge in [-0.15, -0.1) is 0 Å². The van der Waals surface area contributed by atoms with Gasteiger partial charge in [0.25, 0.3) is 0 Å². The van der Waals surface area contributed by atoms with Gasteiger partial charge in [0.15, 0.2) is 0 Å². The van der Waals surface area contributed by atoms with Gasteiger partial charge in [-0.05, 0) is 24.2 Å². The van der Waals surface area contributed by atoms with Crippen LogP contribution in [0.5, 0.6) is 0 Å². The highest BCUT2D eigenvalue weighted by molar-refractivity contribution is 5.69. The number of hydrogen-bond acceptors (Lipinski definition) is 2. The second kappa shape index (κ2) is 6.35. The second-order valence-electron chi connectivity index (χ2n) is 4.20. The van der Waals surface area contributed by atoms with Gasteiger partial charge in [-0.3, -0.25) is 9.69 Å². The fourth-order valence-corrected chi connectivity index (χ4v) is 1.66. The van der Waals surface area contributed by atoms with Crippen LogP contribution in [0.25, 0.3) is 0 Å². The molecular weight excluding hydrogens is 221 g/mol. The van der Waals surface area contributed by atoms with Crippen LogP contribution in [0.2, 0.25) is 0 Å². The van der Waals surface area contributed by atoms with E-state index < -0.39 is 11.9 Å². The SMILES string of the molecule is CCN(Cc1cccc(F)c1)CC(C)C(=O)O. The summed E-state index contributed by atoms with van der Waals surface area (Å²) >= 11 is 0. The van der Waals surface area contributed by atoms with Crippen LogP contribution in [0.4, 0.5) is 4.39 Å². The summed E-state index contributed by atoms with van der Waals surface area (Å²) in [4.78, 5) is 12.8. The van der Waals surface area contributed by atoms with Gasteiger partial charge in [-0.25, -0.2) is 4.39 Å². The molecule has 0 spiro atoms. The Hall–Kier alpha value is -1.42. The molecule has 1 atom stereocenters. The number of nitrogens with zero attached hydrogens (tertiary/aromatic N) is 1. The number of rotatable bonds is 6. The molecule has 1 unspecified atom stereocenters. The highest BCUT2D eigenvalue weighted by atomic mass is 19.1. The van der Waals surface area contributed by atoms with E-state index in [2.05, 4.69) is 0 Å². The first-order valence-electron chi connectivity index (χ1n) is 5.72. The Kier molecular flexibility index (Phi) is 5.10. The van der Waals surface area contributed by atoms with Crippen LogP contribution in [-0.4, -0.2) is 29.1 Å². The maximum absolute atomic E-state index is 13.0. The first kappa shape index (κ1) is 13.6. The van der Waals surface area contributed by atoms with Gasteiger partial charge in [-0.1, -0.05) is 26.0 Å². The predicted octanol–water partition coefficient (Wildman–Crippen LogP) is 2.37. The van der Waals surface area contributed by atoms with Gasteiger partial charge in [0.2, 0.25) is 0 Å². The smallest absolute Gasteiger partial charge is 0.307 e. The van der Waals surface area contributed by atoms with E-state index in [-0.39, 0.29) is 5.82 Å². The lowest BCUT2D eigenvalue weighted by Gasteiger charge is -2.22. The topological polar surface area (TPSA) is 40.5 Å². The summed E-state index contributed by atoms with van der Waals surface area (Å²) in [5.41, 5.74) is 0.865. The zero-order valence-electron chi connectivity index (χ0n) is 10.2. The van der Waals surface area contributed by atoms with Crippen LogP contribution < -0.4 is 0 Å². The summed E-state index contributed by atoms with van der Waals surface area (Å²) in [5.74, 6) is -1.48. The molecule has 1 aromatic carbocycles. The lowest BCUT2D eigenvalue weighted by Crippen LogP contribution is -2.31. The molecule has 1 N–H and O–H groups in total. The summed E-state index contributed by atoms with van der Waals surface area (Å²) in [7, 11) is 0. The lowest BCUT2D eigenvalue weighted by atomic mass is 10.1. The third-order valence-corrected chi connectivity index (χ3v) is 2.70. The fraction of sp³-hybridized carbons (Fsp3) is 0.462. The van der Waals surface area contributed by atoms with Crippen molar-refractivity contribution in [1.82, 2.24) is 4.90 Å². The van der Waals surface area contributed by atoms with Gasteiger partial charge in [0.05, 0.1) is 5.92 Å². The van der Waals surface area contributed by atoms with Crippen molar-refractivity contribution in [3.63, 3.8) is 0 Å². The quantitative estimate of drug-likeness (QED) is 0.828. The Morgan fingerprint density at radius 1 is 1.53 bits per heavy atom. The summed E-state index contributed by atoms with van der Waals surface area (Å²) in [5, 5.41) is 8.85. The van der Waals surface area contributed by atoms with Crippen LogP contribution in [0, 0.1) is 11.7 Å². The number of carbonyl (C=O) groups is 1. The molecular formula is C13H18FNO2. The van der Waals surface area contributed by atoms with Crippen molar-refractivity contribution < 1.29 is 14.3 Å². The molecule has 17 heavy (non-hydrogen) atoms. The van der Waals surface area contributed by atoms with Gasteiger partial charge in [-0.2, -0.15) is 0 Å².